The van der Waals surface area contributed by atoms with Crippen molar-refractivity contribution in [1.82, 2.24) is 4.31 Å². The molecule has 1 heterocycles. The van der Waals surface area contributed by atoms with Crippen molar-refractivity contribution in [3.63, 3.8) is 0 Å². The molecule has 0 bridgehead atoms. The minimum atomic E-state index is -4.03. The lowest BCUT2D eigenvalue weighted by atomic mass is 10.0. The summed E-state index contributed by atoms with van der Waals surface area (Å²) in [5, 5.41) is 0. The summed E-state index contributed by atoms with van der Waals surface area (Å²) in [7, 11) is -4.03. The van der Waals surface area contributed by atoms with Crippen LogP contribution in [0.15, 0.2) is 69.5 Å². The van der Waals surface area contributed by atoms with Crippen LogP contribution < -0.4 is 0 Å². The molecule has 5 nitrogen and oxygen atoms in total. The van der Waals surface area contributed by atoms with E-state index in [1.807, 2.05) is 0 Å². The van der Waals surface area contributed by atoms with Gasteiger partial charge in [0.2, 0.25) is 10.0 Å². The number of halogens is 2. The minimum Gasteiger partial charge on any atom is -0.463 e. The van der Waals surface area contributed by atoms with Crippen LogP contribution in [0, 0.1) is 5.82 Å². The molecule has 0 saturated heterocycles. The molecule has 0 spiro atoms. The first-order valence-corrected chi connectivity index (χ1v) is 10.5. The van der Waals surface area contributed by atoms with E-state index >= 15 is 0 Å². The zero-order valence-electron chi connectivity index (χ0n) is 14.4. The summed E-state index contributed by atoms with van der Waals surface area (Å²) < 4.78 is 46.9. The molecule has 2 aromatic rings. The molecule has 0 radical (unpaired) electrons. The Kier molecular flexibility index (Phi) is 5.78. The van der Waals surface area contributed by atoms with E-state index in [0.29, 0.717) is 5.56 Å². The first kappa shape index (κ1) is 19.7. The fourth-order valence-electron chi connectivity index (χ4n) is 2.96. The van der Waals surface area contributed by atoms with E-state index in [9.17, 15) is 17.6 Å². The lowest BCUT2D eigenvalue weighted by Gasteiger charge is -2.26. The van der Waals surface area contributed by atoms with Crippen LogP contribution in [-0.2, 0) is 19.6 Å². The Balaban J connectivity index is 2.06. The molecule has 1 aliphatic heterocycles. The Hall–Kier alpha value is -2.03. The molecule has 1 unspecified atom stereocenters. The van der Waals surface area contributed by atoms with Crippen LogP contribution in [0.1, 0.15) is 18.5 Å². The van der Waals surface area contributed by atoms with Crippen molar-refractivity contribution < 1.29 is 22.3 Å². The molecule has 0 fully saturated rings. The largest absolute Gasteiger partial charge is 0.463 e. The van der Waals surface area contributed by atoms with Crippen molar-refractivity contribution in [3.8, 4) is 0 Å². The molecular weight excluding hydrogens is 437 g/mol. The van der Waals surface area contributed by atoms with Crippen molar-refractivity contribution in [2.24, 2.45) is 0 Å². The molecule has 0 aromatic heterocycles. The van der Waals surface area contributed by atoms with Gasteiger partial charge in [0.25, 0.3) is 0 Å². The van der Waals surface area contributed by atoms with Crippen LogP contribution in [-0.4, -0.2) is 31.8 Å². The lowest BCUT2D eigenvalue weighted by Crippen LogP contribution is -2.33. The highest BCUT2D eigenvalue weighted by Gasteiger charge is 2.41. The number of carbonyl (C=O) groups excluding carboxylic acids is 1. The number of benzene rings is 2. The summed E-state index contributed by atoms with van der Waals surface area (Å²) >= 11 is 3.34. The fraction of sp³-hybridized carbons (Fsp3) is 0.211. The highest BCUT2D eigenvalue weighted by atomic mass is 79.9. The number of hydrogen-bond donors (Lipinski definition) is 0. The summed E-state index contributed by atoms with van der Waals surface area (Å²) in [6.07, 6.45) is 1.54. The van der Waals surface area contributed by atoms with Gasteiger partial charge in [-0.15, -0.1) is 0 Å². The number of ether oxygens (including phenoxy) is 1. The van der Waals surface area contributed by atoms with Crippen LogP contribution in [0.3, 0.4) is 0 Å². The number of sulfonamides is 1. The first-order chi connectivity index (χ1) is 12.8. The second-order valence-corrected chi connectivity index (χ2v) is 8.67. The zero-order valence-corrected chi connectivity index (χ0v) is 16.8. The maximum absolute atomic E-state index is 13.6. The summed E-state index contributed by atoms with van der Waals surface area (Å²) in [6, 6.07) is 11.0. The van der Waals surface area contributed by atoms with E-state index in [1.165, 1.54) is 22.5 Å². The van der Waals surface area contributed by atoms with Gasteiger partial charge in [-0.1, -0.05) is 40.2 Å². The first-order valence-electron chi connectivity index (χ1n) is 8.24. The SMILES string of the molecule is CCOC(=O)C1=CCN(S(=O)(=O)c2cccc(F)c2)C1c1ccc(Br)cc1. The molecule has 0 amide bonds. The zero-order chi connectivity index (χ0) is 19.6. The highest BCUT2D eigenvalue weighted by molar-refractivity contribution is 9.10. The molecular formula is C19H17BrFNO4S. The monoisotopic (exact) mass is 453 g/mol. The van der Waals surface area contributed by atoms with Gasteiger partial charge in [0, 0.05) is 11.0 Å². The Morgan fingerprint density at radius 3 is 2.59 bits per heavy atom. The minimum absolute atomic E-state index is 0.00623. The van der Waals surface area contributed by atoms with E-state index in [1.54, 1.807) is 37.3 Å². The molecule has 3 rings (SSSR count). The van der Waals surface area contributed by atoms with Crippen molar-refractivity contribution in [1.29, 1.82) is 0 Å². The molecule has 2 aromatic carbocycles. The molecule has 27 heavy (non-hydrogen) atoms. The third-order valence-electron chi connectivity index (χ3n) is 4.17. The second kappa shape index (κ2) is 7.92. The highest BCUT2D eigenvalue weighted by Crippen LogP contribution is 2.38. The van der Waals surface area contributed by atoms with Gasteiger partial charge in [-0.25, -0.2) is 17.6 Å². The van der Waals surface area contributed by atoms with Crippen LogP contribution in [0.25, 0.3) is 0 Å². The van der Waals surface area contributed by atoms with Crippen LogP contribution in [0.5, 0.6) is 0 Å². The van der Waals surface area contributed by atoms with Crippen molar-refractivity contribution in [2.45, 2.75) is 17.9 Å². The molecule has 0 saturated carbocycles. The Morgan fingerprint density at radius 1 is 1.26 bits per heavy atom. The average Bonchev–Trinajstić information content (AvgIpc) is 3.08. The average molecular weight is 454 g/mol. The normalized spacial score (nSPS) is 17.6. The Labute approximate surface area is 165 Å². The molecule has 0 aliphatic carbocycles. The van der Waals surface area contributed by atoms with Crippen molar-refractivity contribution >= 4 is 31.9 Å². The van der Waals surface area contributed by atoms with Crippen molar-refractivity contribution in [2.75, 3.05) is 13.2 Å². The van der Waals surface area contributed by atoms with Crippen LogP contribution in [0.2, 0.25) is 0 Å². The topological polar surface area (TPSA) is 63.7 Å². The third kappa shape index (κ3) is 3.97. The third-order valence-corrected chi connectivity index (χ3v) is 6.53. The number of nitrogens with zero attached hydrogens (tertiary/aromatic N) is 1. The summed E-state index contributed by atoms with van der Waals surface area (Å²) in [5.41, 5.74) is 0.870. The number of hydrogen-bond acceptors (Lipinski definition) is 4. The van der Waals surface area contributed by atoms with Crippen LogP contribution in [0.4, 0.5) is 4.39 Å². The Bertz CT molecular complexity index is 989. The van der Waals surface area contributed by atoms with E-state index in [2.05, 4.69) is 15.9 Å². The van der Waals surface area contributed by atoms with Crippen molar-refractivity contribution in [3.05, 3.63) is 76.0 Å². The number of esters is 1. The molecule has 8 heteroatoms. The fourth-order valence-corrected chi connectivity index (χ4v) is 4.79. The van der Waals surface area contributed by atoms with E-state index in [-0.39, 0.29) is 23.6 Å². The second-order valence-electron chi connectivity index (χ2n) is 5.87. The van der Waals surface area contributed by atoms with Gasteiger partial charge in [-0.2, -0.15) is 4.31 Å². The van der Waals surface area contributed by atoms with E-state index in [4.69, 9.17) is 4.74 Å². The van der Waals surface area contributed by atoms with Gasteiger partial charge in [-0.3, -0.25) is 0 Å². The van der Waals surface area contributed by atoms with Crippen LogP contribution >= 0.6 is 15.9 Å². The number of carbonyl (C=O) groups is 1. The molecule has 0 N–H and O–H groups in total. The smallest absolute Gasteiger partial charge is 0.335 e. The maximum atomic E-state index is 13.6. The van der Waals surface area contributed by atoms with E-state index < -0.39 is 27.9 Å². The standard InChI is InChI=1S/C19H17BrFNO4S/c1-2-26-19(23)17-10-11-22(18(17)13-6-8-14(20)9-7-13)27(24,25)16-5-3-4-15(21)12-16/h3-10,12,18H,2,11H2,1H3. The van der Waals surface area contributed by atoms with Gasteiger partial charge >= 0.3 is 5.97 Å². The van der Waals surface area contributed by atoms with E-state index in [0.717, 1.165) is 10.5 Å². The predicted octanol–water partition coefficient (Wildman–Crippen LogP) is 3.82. The summed E-state index contributed by atoms with van der Waals surface area (Å²) in [4.78, 5) is 12.2. The predicted molar refractivity (Wildman–Crippen MR) is 102 cm³/mol. The van der Waals surface area contributed by atoms with Gasteiger partial charge in [0.1, 0.15) is 5.82 Å². The Morgan fingerprint density at radius 2 is 1.96 bits per heavy atom. The quantitative estimate of drug-likeness (QED) is 0.645. The van der Waals surface area contributed by atoms with Gasteiger partial charge in [-0.05, 0) is 42.8 Å². The molecule has 142 valence electrons. The summed E-state index contributed by atoms with van der Waals surface area (Å²) in [5.74, 6) is -1.21. The molecule has 1 atom stereocenters. The van der Waals surface area contributed by atoms with Gasteiger partial charge < -0.3 is 4.74 Å². The molecule has 1 aliphatic rings. The van der Waals surface area contributed by atoms with Gasteiger partial charge in [0.15, 0.2) is 0 Å². The summed E-state index contributed by atoms with van der Waals surface area (Å²) in [6.45, 7) is 1.86. The van der Waals surface area contributed by atoms with Gasteiger partial charge in [0.05, 0.1) is 23.1 Å². The number of rotatable bonds is 5. The maximum Gasteiger partial charge on any atom is 0.335 e. The lowest BCUT2D eigenvalue weighted by molar-refractivity contribution is -0.138.